The lowest BCUT2D eigenvalue weighted by atomic mass is 9.81. The van der Waals surface area contributed by atoms with Crippen LogP contribution in [0.5, 0.6) is 0 Å². The fourth-order valence-electron chi connectivity index (χ4n) is 4.21. The first kappa shape index (κ1) is 21.0. The monoisotopic (exact) mass is 430 g/mol. The molecule has 2 aromatic carbocycles. The minimum Gasteiger partial charge on any atom is -0.466 e. The summed E-state index contributed by atoms with van der Waals surface area (Å²) in [6.45, 7) is 0.802. The Morgan fingerprint density at radius 2 is 1.84 bits per heavy atom. The van der Waals surface area contributed by atoms with Gasteiger partial charge in [-0.15, -0.1) is 0 Å². The molecule has 0 fully saturated rings. The second kappa shape index (κ2) is 8.47. The van der Waals surface area contributed by atoms with E-state index in [1.807, 2.05) is 18.2 Å². The van der Waals surface area contributed by atoms with E-state index >= 15 is 0 Å². The lowest BCUT2D eigenvalue weighted by Gasteiger charge is -2.36. The minimum absolute atomic E-state index is 0.00470. The molecule has 1 atom stereocenters. The molecule has 0 bridgehead atoms. The highest BCUT2D eigenvalue weighted by atomic mass is 16.5. The van der Waals surface area contributed by atoms with Crippen LogP contribution in [0.1, 0.15) is 17.0 Å². The molecule has 3 N–H and O–H groups in total. The fourth-order valence-corrected chi connectivity index (χ4v) is 4.21. The molecule has 0 amide bonds. The zero-order valence-electron chi connectivity index (χ0n) is 17.7. The van der Waals surface area contributed by atoms with Crippen LogP contribution in [-0.4, -0.2) is 32.7 Å². The summed E-state index contributed by atoms with van der Waals surface area (Å²) < 4.78 is 10.1. The standard InChI is InChI=1S/C24H22N4O4/c1-31-23(29)20-19(14-6-4-3-5-7-14)17(13-25)22(26)28(21(20)24(30)32-2)16-8-9-18-15(12-16)10-11-27-18/h3-9,12,19,27H,10-11,26H2,1-2H3. The SMILES string of the molecule is COC(=O)C1=C(C(=O)OC)N(c2ccc3c(c2)CCN3)C(N)=C(C#N)C1c1ccccc1. The van der Waals surface area contributed by atoms with Crippen molar-refractivity contribution in [3.8, 4) is 6.07 Å². The third kappa shape index (κ3) is 3.34. The molecule has 0 aliphatic carbocycles. The Morgan fingerprint density at radius 1 is 1.12 bits per heavy atom. The van der Waals surface area contributed by atoms with Crippen LogP contribution in [0.15, 0.2) is 71.2 Å². The van der Waals surface area contributed by atoms with Crippen molar-refractivity contribution >= 4 is 23.3 Å². The fraction of sp³-hybridized carbons (Fsp3) is 0.208. The number of ether oxygens (including phenoxy) is 2. The summed E-state index contributed by atoms with van der Waals surface area (Å²) in [7, 11) is 2.46. The molecule has 0 aromatic heterocycles. The van der Waals surface area contributed by atoms with Gasteiger partial charge in [-0.25, -0.2) is 9.59 Å². The topological polar surface area (TPSA) is 118 Å². The molecule has 0 radical (unpaired) electrons. The van der Waals surface area contributed by atoms with Gasteiger partial charge in [0.25, 0.3) is 0 Å². The summed E-state index contributed by atoms with van der Waals surface area (Å²) in [6, 6.07) is 16.6. The maximum Gasteiger partial charge on any atom is 0.355 e. The Kier molecular flexibility index (Phi) is 5.56. The van der Waals surface area contributed by atoms with Crippen molar-refractivity contribution in [1.29, 1.82) is 5.26 Å². The number of methoxy groups -OCH3 is 2. The molecule has 2 heterocycles. The molecule has 162 valence electrons. The average molecular weight is 430 g/mol. The molecular formula is C24H22N4O4. The lowest BCUT2D eigenvalue weighted by Crippen LogP contribution is -2.40. The molecule has 2 aliphatic rings. The zero-order valence-corrected chi connectivity index (χ0v) is 17.7. The molecule has 0 saturated carbocycles. The van der Waals surface area contributed by atoms with Gasteiger partial charge in [-0.1, -0.05) is 30.3 Å². The van der Waals surface area contributed by atoms with Gasteiger partial charge in [-0.2, -0.15) is 5.26 Å². The maximum absolute atomic E-state index is 13.0. The number of nitrogens with two attached hydrogens (primary N) is 1. The third-order valence-corrected chi connectivity index (χ3v) is 5.67. The van der Waals surface area contributed by atoms with Crippen molar-refractivity contribution in [1.82, 2.24) is 0 Å². The summed E-state index contributed by atoms with van der Waals surface area (Å²) in [5.74, 6) is -2.33. The van der Waals surface area contributed by atoms with E-state index in [9.17, 15) is 14.9 Å². The number of hydrogen-bond donors (Lipinski definition) is 2. The Labute approximate surface area is 185 Å². The van der Waals surface area contributed by atoms with Crippen molar-refractivity contribution in [3.05, 3.63) is 82.3 Å². The van der Waals surface area contributed by atoms with Gasteiger partial charge >= 0.3 is 11.9 Å². The van der Waals surface area contributed by atoms with Crippen LogP contribution in [0.2, 0.25) is 0 Å². The van der Waals surface area contributed by atoms with Crippen molar-refractivity contribution < 1.29 is 19.1 Å². The predicted octanol–water partition coefficient (Wildman–Crippen LogP) is 2.55. The second-order valence-electron chi connectivity index (χ2n) is 7.35. The number of rotatable bonds is 4. The highest BCUT2D eigenvalue weighted by Gasteiger charge is 2.43. The molecule has 8 nitrogen and oxygen atoms in total. The first-order valence-corrected chi connectivity index (χ1v) is 10.0. The number of nitriles is 1. The van der Waals surface area contributed by atoms with Gasteiger partial charge < -0.3 is 20.5 Å². The van der Waals surface area contributed by atoms with Crippen LogP contribution >= 0.6 is 0 Å². The Hall–Kier alpha value is -4.25. The first-order valence-electron chi connectivity index (χ1n) is 10.0. The molecule has 1 unspecified atom stereocenters. The molecule has 0 spiro atoms. The van der Waals surface area contributed by atoms with Gasteiger partial charge in [0, 0.05) is 17.9 Å². The van der Waals surface area contributed by atoms with E-state index in [-0.39, 0.29) is 22.7 Å². The summed E-state index contributed by atoms with van der Waals surface area (Å²) in [5, 5.41) is 13.3. The van der Waals surface area contributed by atoms with Gasteiger partial charge in [0.05, 0.1) is 37.4 Å². The van der Waals surface area contributed by atoms with Crippen LogP contribution in [0.25, 0.3) is 0 Å². The highest BCUT2D eigenvalue weighted by molar-refractivity contribution is 6.06. The van der Waals surface area contributed by atoms with E-state index in [1.54, 1.807) is 30.3 Å². The van der Waals surface area contributed by atoms with Gasteiger partial charge in [-0.05, 0) is 35.7 Å². The van der Waals surface area contributed by atoms with E-state index in [0.717, 1.165) is 24.2 Å². The Balaban J connectivity index is 2.03. The maximum atomic E-state index is 13.0. The van der Waals surface area contributed by atoms with E-state index in [0.29, 0.717) is 11.3 Å². The van der Waals surface area contributed by atoms with Gasteiger partial charge in [0.2, 0.25) is 0 Å². The molecule has 32 heavy (non-hydrogen) atoms. The Bertz CT molecular complexity index is 1190. The van der Waals surface area contributed by atoms with E-state index in [2.05, 4.69) is 11.4 Å². The van der Waals surface area contributed by atoms with Crippen LogP contribution in [0.3, 0.4) is 0 Å². The number of hydrogen-bond acceptors (Lipinski definition) is 8. The van der Waals surface area contributed by atoms with Crippen LogP contribution < -0.4 is 16.0 Å². The van der Waals surface area contributed by atoms with Gasteiger partial charge in [-0.3, -0.25) is 4.90 Å². The molecule has 2 aromatic rings. The van der Waals surface area contributed by atoms with Crippen LogP contribution in [0, 0.1) is 11.3 Å². The lowest BCUT2D eigenvalue weighted by molar-refractivity contribution is -0.139. The quantitative estimate of drug-likeness (QED) is 0.711. The predicted molar refractivity (Wildman–Crippen MR) is 118 cm³/mol. The number of nitrogens with zero attached hydrogens (tertiary/aromatic N) is 2. The number of allylic oxidation sites excluding steroid dienone is 1. The third-order valence-electron chi connectivity index (χ3n) is 5.67. The van der Waals surface area contributed by atoms with E-state index in [1.165, 1.54) is 19.1 Å². The summed E-state index contributed by atoms with van der Waals surface area (Å²) in [6.07, 6.45) is 0.805. The van der Waals surface area contributed by atoms with E-state index < -0.39 is 17.9 Å². The number of esters is 2. The number of carbonyl (C=O) groups excluding carboxylic acids is 2. The van der Waals surface area contributed by atoms with Crippen LogP contribution in [-0.2, 0) is 25.5 Å². The number of fused-ring (bicyclic) bond motifs is 1. The largest absolute Gasteiger partial charge is 0.466 e. The number of anilines is 2. The summed E-state index contributed by atoms with van der Waals surface area (Å²) in [4.78, 5) is 27.5. The highest BCUT2D eigenvalue weighted by Crippen LogP contribution is 2.43. The zero-order chi connectivity index (χ0) is 22.8. The second-order valence-corrected chi connectivity index (χ2v) is 7.35. The normalized spacial score (nSPS) is 17.4. The van der Waals surface area contributed by atoms with Gasteiger partial charge in [0.1, 0.15) is 11.5 Å². The Morgan fingerprint density at radius 3 is 2.50 bits per heavy atom. The number of benzene rings is 2. The van der Waals surface area contributed by atoms with E-state index in [4.69, 9.17) is 15.2 Å². The van der Waals surface area contributed by atoms with Crippen molar-refractivity contribution in [2.75, 3.05) is 31.0 Å². The number of nitrogens with one attached hydrogen (secondary N) is 1. The molecule has 8 heteroatoms. The molecule has 4 rings (SSSR count). The average Bonchev–Trinajstić information content (AvgIpc) is 3.30. The molecule has 0 saturated heterocycles. The van der Waals surface area contributed by atoms with Crippen molar-refractivity contribution in [3.63, 3.8) is 0 Å². The van der Waals surface area contributed by atoms with Gasteiger partial charge in [0.15, 0.2) is 0 Å². The number of carbonyl (C=O) groups is 2. The van der Waals surface area contributed by atoms with Crippen molar-refractivity contribution in [2.24, 2.45) is 5.73 Å². The van der Waals surface area contributed by atoms with Crippen molar-refractivity contribution in [2.45, 2.75) is 12.3 Å². The summed E-state index contributed by atoms with van der Waals surface area (Å²) in [5.41, 5.74) is 9.78. The smallest absolute Gasteiger partial charge is 0.355 e. The summed E-state index contributed by atoms with van der Waals surface area (Å²) >= 11 is 0. The molecular weight excluding hydrogens is 408 g/mol. The molecule has 2 aliphatic heterocycles. The van der Waals surface area contributed by atoms with Crippen LogP contribution in [0.4, 0.5) is 11.4 Å². The first-order chi connectivity index (χ1) is 15.5. The minimum atomic E-state index is -0.880.